The van der Waals surface area contributed by atoms with Crippen molar-refractivity contribution in [3.05, 3.63) is 39.9 Å². The number of tetrazole rings is 1. The monoisotopic (exact) mass is 248 g/mol. The van der Waals surface area contributed by atoms with Gasteiger partial charge in [0.05, 0.1) is 5.02 Å². The van der Waals surface area contributed by atoms with Crippen molar-refractivity contribution in [2.24, 2.45) is 0 Å². The van der Waals surface area contributed by atoms with Crippen LogP contribution in [0.2, 0.25) is 5.02 Å². The lowest BCUT2D eigenvalue weighted by molar-refractivity contribution is 0.881. The van der Waals surface area contributed by atoms with Crippen molar-refractivity contribution < 1.29 is 0 Å². The van der Waals surface area contributed by atoms with E-state index in [9.17, 15) is 4.79 Å². The van der Waals surface area contributed by atoms with E-state index in [1.807, 2.05) is 0 Å². The quantitative estimate of drug-likeness (QED) is 0.678. The van der Waals surface area contributed by atoms with Gasteiger partial charge in [0.25, 0.3) is 5.56 Å². The van der Waals surface area contributed by atoms with E-state index in [4.69, 9.17) is 11.6 Å². The lowest BCUT2D eigenvalue weighted by Crippen LogP contribution is -2.17. The summed E-state index contributed by atoms with van der Waals surface area (Å²) in [4.78, 5) is 16.3. The summed E-state index contributed by atoms with van der Waals surface area (Å²) in [6.07, 6.45) is 2.92. The Labute approximate surface area is 99.1 Å². The van der Waals surface area contributed by atoms with Crippen LogP contribution in [0.3, 0.4) is 0 Å². The minimum atomic E-state index is -0.281. The summed E-state index contributed by atoms with van der Waals surface area (Å²) in [6.45, 7) is 0. The molecule has 0 aliphatic rings. The highest BCUT2D eigenvalue weighted by Crippen LogP contribution is 2.11. The van der Waals surface area contributed by atoms with Gasteiger partial charge in [-0.15, -0.1) is 5.10 Å². The average Bonchev–Trinajstić information content (AvgIpc) is 2.84. The van der Waals surface area contributed by atoms with Crippen molar-refractivity contribution >= 4 is 17.2 Å². The topological polar surface area (TPSA) is 88.8 Å². The van der Waals surface area contributed by atoms with E-state index in [0.29, 0.717) is 10.7 Å². The second-order valence-electron chi connectivity index (χ2n) is 3.30. The van der Waals surface area contributed by atoms with Gasteiger partial charge in [0.2, 0.25) is 0 Å². The fraction of sp³-hybridized carbons (Fsp3) is 0. The van der Waals surface area contributed by atoms with Crippen molar-refractivity contribution in [3.8, 4) is 11.4 Å². The van der Waals surface area contributed by atoms with E-state index in [-0.39, 0.29) is 16.9 Å². The Morgan fingerprint density at radius 3 is 3.00 bits per heavy atom. The zero-order valence-electron chi connectivity index (χ0n) is 8.33. The molecule has 3 aromatic rings. The molecule has 3 rings (SSSR count). The molecule has 0 aliphatic carbocycles. The Balaban J connectivity index is 2.36. The van der Waals surface area contributed by atoms with E-state index in [2.05, 4.69) is 25.6 Å². The average molecular weight is 249 g/mol. The van der Waals surface area contributed by atoms with Crippen LogP contribution < -0.4 is 5.56 Å². The van der Waals surface area contributed by atoms with Gasteiger partial charge >= 0.3 is 0 Å². The Hall–Kier alpha value is -2.28. The molecule has 3 aromatic heterocycles. The van der Waals surface area contributed by atoms with Crippen LogP contribution in [0.25, 0.3) is 17.0 Å². The maximum atomic E-state index is 12.1. The number of halogens is 1. The number of aromatic nitrogens is 6. The van der Waals surface area contributed by atoms with Gasteiger partial charge in [0.1, 0.15) is 11.2 Å². The summed E-state index contributed by atoms with van der Waals surface area (Å²) in [5, 5.41) is 13.5. The number of nitrogens with one attached hydrogen (secondary N) is 1. The molecule has 8 heteroatoms. The number of hydrogen-bond acceptors (Lipinski definition) is 5. The second-order valence-corrected chi connectivity index (χ2v) is 3.74. The predicted molar refractivity (Wildman–Crippen MR) is 59.6 cm³/mol. The van der Waals surface area contributed by atoms with Gasteiger partial charge in [-0.25, -0.2) is 10.1 Å². The molecule has 0 saturated heterocycles. The molecular formula is C9H5ClN6O. The zero-order chi connectivity index (χ0) is 11.8. The Kier molecular flexibility index (Phi) is 2.12. The molecule has 0 amide bonds. The molecule has 0 aliphatic heterocycles. The van der Waals surface area contributed by atoms with Gasteiger partial charge in [0, 0.05) is 12.4 Å². The third-order valence-electron chi connectivity index (χ3n) is 2.27. The minimum Gasteiger partial charge on any atom is -0.268 e. The Bertz CT molecular complexity index is 735. The Morgan fingerprint density at radius 2 is 2.24 bits per heavy atom. The van der Waals surface area contributed by atoms with Crippen molar-refractivity contribution in [3.63, 3.8) is 0 Å². The first-order valence-corrected chi connectivity index (χ1v) is 5.04. The summed E-state index contributed by atoms with van der Waals surface area (Å²) in [7, 11) is 0. The number of pyridine rings is 1. The smallest absolute Gasteiger partial charge is 0.268 e. The van der Waals surface area contributed by atoms with Crippen LogP contribution >= 0.6 is 11.6 Å². The number of nitrogens with zero attached hydrogens (tertiary/aromatic N) is 5. The second kappa shape index (κ2) is 3.63. The van der Waals surface area contributed by atoms with Crippen LogP contribution in [0.5, 0.6) is 0 Å². The number of H-pyrrole nitrogens is 1. The van der Waals surface area contributed by atoms with E-state index in [1.165, 1.54) is 16.8 Å². The molecular weight excluding hydrogens is 244 g/mol. The number of fused-ring (bicyclic) bond motifs is 1. The first-order valence-electron chi connectivity index (χ1n) is 4.67. The molecule has 0 fully saturated rings. The van der Waals surface area contributed by atoms with Crippen LogP contribution in [0.15, 0.2) is 29.3 Å². The van der Waals surface area contributed by atoms with E-state index in [0.717, 1.165) is 0 Å². The highest BCUT2D eigenvalue weighted by Gasteiger charge is 2.10. The maximum absolute atomic E-state index is 12.1. The molecule has 0 spiro atoms. The van der Waals surface area contributed by atoms with E-state index >= 15 is 0 Å². The fourth-order valence-electron chi connectivity index (χ4n) is 1.49. The summed E-state index contributed by atoms with van der Waals surface area (Å²) < 4.78 is 1.35. The molecule has 84 valence electrons. The van der Waals surface area contributed by atoms with Gasteiger partial charge in [-0.05, 0) is 22.6 Å². The molecule has 0 saturated carbocycles. The van der Waals surface area contributed by atoms with Crippen molar-refractivity contribution in [2.45, 2.75) is 0 Å². The number of rotatable bonds is 1. The van der Waals surface area contributed by atoms with Crippen molar-refractivity contribution in [1.82, 2.24) is 30.0 Å². The third kappa shape index (κ3) is 1.56. The van der Waals surface area contributed by atoms with E-state index in [1.54, 1.807) is 12.1 Å². The molecule has 0 radical (unpaired) electrons. The highest BCUT2D eigenvalue weighted by molar-refractivity contribution is 6.30. The SMILES string of the molecule is O=c1c(-c2nnn[nH]2)cnc2ccc(Cl)cn12. The first kappa shape index (κ1) is 9.91. The zero-order valence-corrected chi connectivity index (χ0v) is 9.09. The van der Waals surface area contributed by atoms with Crippen LogP contribution in [0.1, 0.15) is 0 Å². The minimum absolute atomic E-state index is 0.275. The van der Waals surface area contributed by atoms with E-state index < -0.39 is 0 Å². The molecule has 7 nitrogen and oxygen atoms in total. The third-order valence-corrected chi connectivity index (χ3v) is 2.49. The number of aromatic amines is 1. The molecule has 0 bridgehead atoms. The lowest BCUT2D eigenvalue weighted by Gasteiger charge is -2.01. The van der Waals surface area contributed by atoms with Gasteiger partial charge in [-0.1, -0.05) is 11.6 Å². The van der Waals surface area contributed by atoms with Gasteiger partial charge < -0.3 is 0 Å². The standard InChI is InChI=1S/C9H5ClN6O/c10-5-1-2-7-11-3-6(8-12-14-15-13-8)9(17)16(7)4-5/h1-4H,(H,12,13,14,15). The largest absolute Gasteiger partial charge is 0.269 e. The molecule has 17 heavy (non-hydrogen) atoms. The molecule has 0 unspecified atom stereocenters. The van der Waals surface area contributed by atoms with Crippen LogP contribution in [0.4, 0.5) is 0 Å². The summed E-state index contributed by atoms with van der Waals surface area (Å²) in [6, 6.07) is 3.32. The van der Waals surface area contributed by atoms with Crippen LogP contribution in [-0.2, 0) is 0 Å². The maximum Gasteiger partial charge on any atom is 0.269 e. The van der Waals surface area contributed by atoms with Gasteiger partial charge in [0.15, 0.2) is 5.82 Å². The lowest BCUT2D eigenvalue weighted by atomic mass is 10.3. The molecule has 0 aromatic carbocycles. The first-order chi connectivity index (χ1) is 8.25. The summed E-state index contributed by atoms with van der Waals surface area (Å²) in [5.74, 6) is 0.275. The molecule has 3 heterocycles. The van der Waals surface area contributed by atoms with Gasteiger partial charge in [-0.3, -0.25) is 9.20 Å². The Morgan fingerprint density at radius 1 is 1.35 bits per heavy atom. The predicted octanol–water partition coefficient (Wildman–Crippen LogP) is 0.528. The van der Waals surface area contributed by atoms with Crippen LogP contribution in [0, 0.1) is 0 Å². The fourth-order valence-corrected chi connectivity index (χ4v) is 1.65. The normalized spacial score (nSPS) is 10.9. The molecule has 1 N–H and O–H groups in total. The van der Waals surface area contributed by atoms with Crippen molar-refractivity contribution in [2.75, 3.05) is 0 Å². The summed E-state index contributed by atoms with van der Waals surface area (Å²) in [5.41, 5.74) is 0.515. The van der Waals surface area contributed by atoms with Crippen LogP contribution in [-0.4, -0.2) is 30.0 Å². The molecule has 0 atom stereocenters. The van der Waals surface area contributed by atoms with Gasteiger partial charge in [-0.2, -0.15) is 0 Å². The number of hydrogen-bond donors (Lipinski definition) is 1. The highest BCUT2D eigenvalue weighted by atomic mass is 35.5. The summed E-state index contributed by atoms with van der Waals surface area (Å²) >= 11 is 5.83. The van der Waals surface area contributed by atoms with Crippen molar-refractivity contribution in [1.29, 1.82) is 0 Å².